The summed E-state index contributed by atoms with van der Waals surface area (Å²) >= 11 is 5.21. The van der Waals surface area contributed by atoms with Gasteiger partial charge in [0.15, 0.2) is 5.82 Å². The Kier molecular flexibility index (Phi) is 2.67. The molecule has 0 atom stereocenters. The minimum Gasteiger partial charge on any atom is -0.205 e. The summed E-state index contributed by atoms with van der Waals surface area (Å²) in [6.07, 6.45) is -4.80. The van der Waals surface area contributed by atoms with Crippen LogP contribution in [0.2, 0.25) is 5.02 Å². The molecule has 0 bridgehead atoms. The van der Waals surface area contributed by atoms with Gasteiger partial charge in [0.2, 0.25) is 0 Å². The van der Waals surface area contributed by atoms with Gasteiger partial charge in [-0.25, -0.2) is 4.39 Å². The number of hydrogen-bond acceptors (Lipinski definition) is 1. The fourth-order valence-corrected chi connectivity index (χ4v) is 1.06. The second kappa shape index (κ2) is 3.46. The van der Waals surface area contributed by atoms with Gasteiger partial charge in [0, 0.05) is 0 Å². The smallest absolute Gasteiger partial charge is 0.205 e. The summed E-state index contributed by atoms with van der Waals surface area (Å²) in [6.45, 7) is 0. The Morgan fingerprint density at radius 2 is 1.86 bits per heavy atom. The SMILES string of the molecule is N#Cc1ccc(C(F)(F)F)c(F)c1Cl. The van der Waals surface area contributed by atoms with E-state index in [9.17, 15) is 17.6 Å². The Labute approximate surface area is 81.5 Å². The number of nitriles is 1. The third kappa shape index (κ3) is 1.80. The molecule has 0 aliphatic rings. The summed E-state index contributed by atoms with van der Waals surface area (Å²) in [5, 5.41) is 7.55. The van der Waals surface area contributed by atoms with Crippen LogP contribution in [0, 0.1) is 17.1 Å². The fourth-order valence-electron chi connectivity index (χ4n) is 0.855. The summed E-state index contributed by atoms with van der Waals surface area (Å²) in [4.78, 5) is 0. The second-order valence-electron chi connectivity index (χ2n) is 2.40. The van der Waals surface area contributed by atoms with Gasteiger partial charge in [-0.05, 0) is 12.1 Å². The van der Waals surface area contributed by atoms with Crippen LogP contribution in [0.5, 0.6) is 0 Å². The maximum atomic E-state index is 12.9. The van der Waals surface area contributed by atoms with Crippen molar-refractivity contribution in [2.75, 3.05) is 0 Å². The van der Waals surface area contributed by atoms with E-state index in [1.165, 1.54) is 6.07 Å². The summed E-state index contributed by atoms with van der Waals surface area (Å²) in [6, 6.07) is 2.79. The predicted octanol–water partition coefficient (Wildman–Crippen LogP) is 3.37. The van der Waals surface area contributed by atoms with Gasteiger partial charge in [-0.15, -0.1) is 0 Å². The van der Waals surface area contributed by atoms with Crippen molar-refractivity contribution < 1.29 is 17.6 Å². The average Bonchev–Trinajstić information content (AvgIpc) is 2.07. The maximum Gasteiger partial charge on any atom is 0.419 e. The van der Waals surface area contributed by atoms with Crippen molar-refractivity contribution in [3.8, 4) is 6.07 Å². The van der Waals surface area contributed by atoms with Crippen molar-refractivity contribution in [2.45, 2.75) is 6.18 Å². The molecule has 0 saturated heterocycles. The summed E-state index contributed by atoms with van der Waals surface area (Å²) < 4.78 is 49.2. The Balaban J connectivity index is 3.41. The summed E-state index contributed by atoms with van der Waals surface area (Å²) in [5.74, 6) is -1.61. The molecule has 0 saturated carbocycles. The number of nitrogens with zero attached hydrogens (tertiary/aromatic N) is 1. The number of halogens is 5. The largest absolute Gasteiger partial charge is 0.419 e. The van der Waals surface area contributed by atoms with E-state index in [-0.39, 0.29) is 5.56 Å². The van der Waals surface area contributed by atoms with Gasteiger partial charge in [0.25, 0.3) is 0 Å². The van der Waals surface area contributed by atoms with Gasteiger partial charge in [-0.1, -0.05) is 11.6 Å². The molecule has 0 amide bonds. The highest BCUT2D eigenvalue weighted by atomic mass is 35.5. The third-order valence-corrected chi connectivity index (χ3v) is 1.88. The molecule has 0 radical (unpaired) electrons. The lowest BCUT2D eigenvalue weighted by Crippen LogP contribution is -2.08. The predicted molar refractivity (Wildman–Crippen MR) is 41.1 cm³/mol. The molecule has 0 unspecified atom stereocenters. The van der Waals surface area contributed by atoms with Gasteiger partial charge in [0.05, 0.1) is 16.1 Å². The minimum absolute atomic E-state index is 0.322. The van der Waals surface area contributed by atoms with Crippen molar-refractivity contribution in [3.63, 3.8) is 0 Å². The molecule has 14 heavy (non-hydrogen) atoms. The van der Waals surface area contributed by atoms with E-state index in [1.807, 2.05) is 0 Å². The molecule has 1 aromatic carbocycles. The highest BCUT2D eigenvalue weighted by Gasteiger charge is 2.35. The molecule has 0 aromatic heterocycles. The van der Waals surface area contributed by atoms with Crippen LogP contribution in [-0.2, 0) is 6.18 Å². The zero-order valence-electron chi connectivity index (χ0n) is 6.49. The minimum atomic E-state index is -4.80. The average molecular weight is 224 g/mol. The van der Waals surface area contributed by atoms with Crippen LogP contribution in [0.15, 0.2) is 12.1 Å². The van der Waals surface area contributed by atoms with E-state index in [1.54, 1.807) is 0 Å². The van der Waals surface area contributed by atoms with Crippen LogP contribution in [0.1, 0.15) is 11.1 Å². The first-order valence-corrected chi connectivity index (χ1v) is 3.71. The normalized spacial score (nSPS) is 11.1. The van der Waals surface area contributed by atoms with Gasteiger partial charge < -0.3 is 0 Å². The Morgan fingerprint density at radius 3 is 2.29 bits per heavy atom. The highest BCUT2D eigenvalue weighted by molar-refractivity contribution is 6.31. The molecule has 0 aliphatic carbocycles. The van der Waals surface area contributed by atoms with E-state index in [2.05, 4.69) is 0 Å². The Bertz CT molecular complexity index is 405. The van der Waals surface area contributed by atoms with E-state index in [0.29, 0.717) is 6.07 Å². The molecule has 1 aromatic rings. The van der Waals surface area contributed by atoms with Gasteiger partial charge in [-0.3, -0.25) is 0 Å². The quantitative estimate of drug-likeness (QED) is 0.619. The molecule has 1 rings (SSSR count). The Hall–Kier alpha value is -1.28. The van der Waals surface area contributed by atoms with E-state index in [4.69, 9.17) is 16.9 Å². The lowest BCUT2D eigenvalue weighted by atomic mass is 10.1. The van der Waals surface area contributed by atoms with Gasteiger partial charge in [-0.2, -0.15) is 18.4 Å². The maximum absolute atomic E-state index is 12.9. The van der Waals surface area contributed by atoms with Crippen LogP contribution in [0.25, 0.3) is 0 Å². The van der Waals surface area contributed by atoms with Crippen molar-refractivity contribution in [3.05, 3.63) is 34.1 Å². The lowest BCUT2D eigenvalue weighted by Gasteiger charge is -2.08. The van der Waals surface area contributed by atoms with Crippen LogP contribution in [0.4, 0.5) is 17.6 Å². The molecule has 6 heteroatoms. The molecular formula is C8H2ClF4N. The molecule has 74 valence electrons. The third-order valence-electron chi connectivity index (χ3n) is 1.51. The first kappa shape index (κ1) is 10.8. The monoisotopic (exact) mass is 223 g/mol. The lowest BCUT2D eigenvalue weighted by molar-refractivity contribution is -0.139. The number of rotatable bonds is 0. The van der Waals surface area contributed by atoms with E-state index < -0.39 is 22.6 Å². The topological polar surface area (TPSA) is 23.8 Å². The standard InChI is InChI=1S/C8H2ClF4N/c9-6-4(3-14)1-2-5(7(6)10)8(11,12)13/h1-2H. The molecule has 0 heterocycles. The van der Waals surface area contributed by atoms with Gasteiger partial charge >= 0.3 is 6.18 Å². The highest BCUT2D eigenvalue weighted by Crippen LogP contribution is 2.34. The van der Waals surface area contributed by atoms with Crippen LogP contribution in [-0.4, -0.2) is 0 Å². The fraction of sp³-hybridized carbons (Fsp3) is 0.125. The molecule has 0 spiro atoms. The van der Waals surface area contributed by atoms with Gasteiger partial charge in [0.1, 0.15) is 6.07 Å². The summed E-state index contributed by atoms with van der Waals surface area (Å²) in [5.41, 5.74) is -1.79. The van der Waals surface area contributed by atoms with E-state index in [0.717, 1.165) is 6.07 Å². The molecule has 0 fully saturated rings. The van der Waals surface area contributed by atoms with Crippen molar-refractivity contribution in [1.82, 2.24) is 0 Å². The zero-order valence-corrected chi connectivity index (χ0v) is 7.25. The van der Waals surface area contributed by atoms with Crippen LogP contribution in [0.3, 0.4) is 0 Å². The van der Waals surface area contributed by atoms with E-state index >= 15 is 0 Å². The second-order valence-corrected chi connectivity index (χ2v) is 2.78. The van der Waals surface area contributed by atoms with Crippen molar-refractivity contribution >= 4 is 11.6 Å². The molecule has 1 nitrogen and oxygen atoms in total. The Morgan fingerprint density at radius 1 is 1.29 bits per heavy atom. The molecule has 0 aliphatic heterocycles. The number of alkyl halides is 3. The first-order chi connectivity index (χ1) is 6.38. The zero-order chi connectivity index (χ0) is 10.9. The van der Waals surface area contributed by atoms with Crippen molar-refractivity contribution in [2.24, 2.45) is 0 Å². The first-order valence-electron chi connectivity index (χ1n) is 3.33. The van der Waals surface area contributed by atoms with Crippen LogP contribution < -0.4 is 0 Å². The number of hydrogen-bond donors (Lipinski definition) is 0. The van der Waals surface area contributed by atoms with Crippen LogP contribution >= 0.6 is 11.6 Å². The number of benzene rings is 1. The molecular weight excluding hydrogens is 222 g/mol. The molecule has 0 N–H and O–H groups in total. The summed E-state index contributed by atoms with van der Waals surface area (Å²) in [7, 11) is 0. The van der Waals surface area contributed by atoms with Crippen molar-refractivity contribution in [1.29, 1.82) is 5.26 Å².